The minimum Gasteiger partial charge on any atom is -0.381 e. The van der Waals surface area contributed by atoms with Crippen molar-refractivity contribution in [3.63, 3.8) is 0 Å². The van der Waals surface area contributed by atoms with Gasteiger partial charge < -0.3 is 10.5 Å². The first-order valence-corrected chi connectivity index (χ1v) is 9.26. The Morgan fingerprint density at radius 2 is 2.05 bits per heavy atom. The SMILES string of the molecule is CCCOCCCNS(=O)(=O)c1cc(CN)cc(Br)c1C. The van der Waals surface area contributed by atoms with E-state index in [0.717, 1.165) is 16.5 Å². The first-order valence-electron chi connectivity index (χ1n) is 6.99. The first-order chi connectivity index (χ1) is 9.92. The molecule has 7 heteroatoms. The highest BCUT2D eigenvalue weighted by Crippen LogP contribution is 2.25. The maximum Gasteiger partial charge on any atom is 0.240 e. The van der Waals surface area contributed by atoms with Crippen molar-refractivity contribution >= 4 is 26.0 Å². The molecule has 3 N–H and O–H groups in total. The van der Waals surface area contributed by atoms with Gasteiger partial charge in [0.2, 0.25) is 10.0 Å². The molecule has 0 amide bonds. The monoisotopic (exact) mass is 378 g/mol. The number of hydrogen-bond donors (Lipinski definition) is 2. The van der Waals surface area contributed by atoms with Crippen LogP contribution in [0.3, 0.4) is 0 Å². The van der Waals surface area contributed by atoms with Crippen molar-refractivity contribution in [1.29, 1.82) is 0 Å². The number of rotatable bonds is 9. The second kappa shape index (κ2) is 8.85. The molecule has 0 saturated carbocycles. The van der Waals surface area contributed by atoms with E-state index in [-0.39, 0.29) is 4.90 Å². The maximum absolute atomic E-state index is 12.3. The minimum atomic E-state index is -3.53. The van der Waals surface area contributed by atoms with Crippen LogP contribution in [0.4, 0.5) is 0 Å². The van der Waals surface area contributed by atoms with Crippen molar-refractivity contribution in [1.82, 2.24) is 4.72 Å². The van der Waals surface area contributed by atoms with Crippen LogP contribution in [0.5, 0.6) is 0 Å². The summed E-state index contributed by atoms with van der Waals surface area (Å²) in [5, 5.41) is 0. The number of sulfonamides is 1. The predicted octanol–water partition coefficient (Wildman–Crippen LogP) is 2.31. The third kappa shape index (κ3) is 5.67. The second-order valence-electron chi connectivity index (χ2n) is 4.77. The summed E-state index contributed by atoms with van der Waals surface area (Å²) in [6.07, 6.45) is 1.61. The molecule has 0 saturated heterocycles. The highest BCUT2D eigenvalue weighted by molar-refractivity contribution is 9.10. The third-order valence-corrected chi connectivity index (χ3v) is 5.40. The molecule has 0 atom stereocenters. The Morgan fingerprint density at radius 1 is 1.33 bits per heavy atom. The normalized spacial score (nSPS) is 11.8. The lowest BCUT2D eigenvalue weighted by Gasteiger charge is -2.12. The lowest BCUT2D eigenvalue weighted by Crippen LogP contribution is -2.26. The van der Waals surface area contributed by atoms with E-state index < -0.39 is 10.0 Å². The second-order valence-corrected chi connectivity index (χ2v) is 7.36. The van der Waals surface area contributed by atoms with Gasteiger partial charge in [0.05, 0.1) is 4.90 Å². The Labute approximate surface area is 135 Å². The molecule has 0 radical (unpaired) electrons. The predicted molar refractivity (Wildman–Crippen MR) is 87.7 cm³/mol. The van der Waals surface area contributed by atoms with E-state index >= 15 is 0 Å². The average molecular weight is 379 g/mol. The Bertz CT molecular complexity index is 562. The molecular weight excluding hydrogens is 356 g/mol. The smallest absolute Gasteiger partial charge is 0.240 e. The Balaban J connectivity index is 2.72. The van der Waals surface area contributed by atoms with Gasteiger partial charge in [0.1, 0.15) is 0 Å². The van der Waals surface area contributed by atoms with E-state index in [1.807, 2.05) is 13.0 Å². The molecule has 0 aliphatic rings. The van der Waals surface area contributed by atoms with E-state index in [1.54, 1.807) is 13.0 Å². The molecule has 1 aromatic carbocycles. The van der Waals surface area contributed by atoms with Crippen LogP contribution in [0.2, 0.25) is 0 Å². The van der Waals surface area contributed by atoms with E-state index in [1.165, 1.54) is 0 Å². The van der Waals surface area contributed by atoms with E-state index in [9.17, 15) is 8.42 Å². The van der Waals surface area contributed by atoms with Crippen molar-refractivity contribution in [2.75, 3.05) is 19.8 Å². The zero-order valence-corrected chi connectivity index (χ0v) is 14.9. The zero-order valence-electron chi connectivity index (χ0n) is 12.5. The zero-order chi connectivity index (χ0) is 15.9. The van der Waals surface area contributed by atoms with Gasteiger partial charge in [-0.2, -0.15) is 0 Å². The molecule has 5 nitrogen and oxygen atoms in total. The van der Waals surface area contributed by atoms with Gasteiger partial charge >= 0.3 is 0 Å². The van der Waals surface area contributed by atoms with Gasteiger partial charge in [-0.1, -0.05) is 22.9 Å². The van der Waals surface area contributed by atoms with Gasteiger partial charge in [0.25, 0.3) is 0 Å². The number of benzene rings is 1. The standard InChI is InChI=1S/C14H23BrN2O3S/c1-3-6-20-7-4-5-17-21(18,19)14-9-12(10-16)8-13(15)11(14)2/h8-9,17H,3-7,10,16H2,1-2H3. The molecule has 1 rings (SSSR count). The molecule has 0 fully saturated rings. The van der Waals surface area contributed by atoms with Gasteiger partial charge in [-0.05, 0) is 43.0 Å². The Morgan fingerprint density at radius 3 is 2.67 bits per heavy atom. The van der Waals surface area contributed by atoms with Crippen LogP contribution in [-0.2, 0) is 21.3 Å². The Kier molecular flexibility index (Phi) is 7.83. The summed E-state index contributed by atoms with van der Waals surface area (Å²) in [5.41, 5.74) is 7.06. The van der Waals surface area contributed by atoms with Gasteiger partial charge in [-0.25, -0.2) is 13.1 Å². The van der Waals surface area contributed by atoms with Crippen LogP contribution in [-0.4, -0.2) is 28.2 Å². The van der Waals surface area contributed by atoms with Gasteiger partial charge in [-0.3, -0.25) is 0 Å². The van der Waals surface area contributed by atoms with Crippen LogP contribution < -0.4 is 10.5 Å². The summed E-state index contributed by atoms with van der Waals surface area (Å²) in [5.74, 6) is 0. The third-order valence-electron chi connectivity index (χ3n) is 2.99. The molecule has 0 aromatic heterocycles. The summed E-state index contributed by atoms with van der Waals surface area (Å²) >= 11 is 3.37. The number of halogens is 1. The van der Waals surface area contributed by atoms with Crippen LogP contribution in [0.25, 0.3) is 0 Å². The summed E-state index contributed by atoms with van der Waals surface area (Å²) in [6.45, 7) is 5.72. The van der Waals surface area contributed by atoms with Crippen molar-refractivity contribution < 1.29 is 13.2 Å². The maximum atomic E-state index is 12.3. The van der Waals surface area contributed by atoms with E-state index in [2.05, 4.69) is 20.7 Å². The fourth-order valence-electron chi connectivity index (χ4n) is 1.81. The average Bonchev–Trinajstić information content (AvgIpc) is 2.45. The molecular formula is C14H23BrN2O3S. The minimum absolute atomic E-state index is 0.270. The molecule has 0 aliphatic heterocycles. The summed E-state index contributed by atoms with van der Waals surface area (Å²) in [4.78, 5) is 0.270. The quantitative estimate of drug-likeness (QED) is 0.646. The first kappa shape index (κ1) is 18.6. The van der Waals surface area contributed by atoms with Crippen molar-refractivity contribution in [2.45, 2.75) is 38.1 Å². The van der Waals surface area contributed by atoms with Crippen LogP contribution in [0, 0.1) is 6.92 Å². The number of nitrogens with two attached hydrogens (primary N) is 1. The summed E-state index contributed by atoms with van der Waals surface area (Å²) in [6, 6.07) is 3.46. The fourth-order valence-corrected chi connectivity index (χ4v) is 3.84. The van der Waals surface area contributed by atoms with Crippen LogP contribution in [0.1, 0.15) is 30.9 Å². The van der Waals surface area contributed by atoms with Crippen molar-refractivity contribution in [3.8, 4) is 0 Å². The Hall–Kier alpha value is -0.470. The van der Waals surface area contributed by atoms with Gasteiger partial charge in [0.15, 0.2) is 0 Å². The molecule has 120 valence electrons. The van der Waals surface area contributed by atoms with E-state index in [4.69, 9.17) is 10.5 Å². The highest BCUT2D eigenvalue weighted by atomic mass is 79.9. The van der Waals surface area contributed by atoms with Gasteiger partial charge in [-0.15, -0.1) is 0 Å². The van der Waals surface area contributed by atoms with Crippen molar-refractivity contribution in [3.05, 3.63) is 27.7 Å². The largest absolute Gasteiger partial charge is 0.381 e. The van der Waals surface area contributed by atoms with Gasteiger partial charge in [0, 0.05) is 30.8 Å². The van der Waals surface area contributed by atoms with E-state index in [0.29, 0.717) is 38.3 Å². The number of ether oxygens (including phenoxy) is 1. The highest BCUT2D eigenvalue weighted by Gasteiger charge is 2.18. The summed E-state index contributed by atoms with van der Waals surface area (Å²) in [7, 11) is -3.53. The summed E-state index contributed by atoms with van der Waals surface area (Å²) < 4.78 is 33.4. The molecule has 0 bridgehead atoms. The van der Waals surface area contributed by atoms with Crippen LogP contribution in [0.15, 0.2) is 21.5 Å². The molecule has 1 aromatic rings. The molecule has 0 heterocycles. The number of nitrogens with one attached hydrogen (secondary N) is 1. The molecule has 0 spiro atoms. The fraction of sp³-hybridized carbons (Fsp3) is 0.571. The molecule has 0 unspecified atom stereocenters. The molecule has 21 heavy (non-hydrogen) atoms. The van der Waals surface area contributed by atoms with Crippen molar-refractivity contribution in [2.24, 2.45) is 5.73 Å². The topological polar surface area (TPSA) is 81.4 Å². The lowest BCUT2D eigenvalue weighted by molar-refractivity contribution is 0.133. The lowest BCUT2D eigenvalue weighted by atomic mass is 10.1. The molecule has 0 aliphatic carbocycles. The number of hydrogen-bond acceptors (Lipinski definition) is 4. The van der Waals surface area contributed by atoms with Crippen LogP contribution >= 0.6 is 15.9 Å².